The van der Waals surface area contributed by atoms with Gasteiger partial charge in [0.15, 0.2) is 15.9 Å². The van der Waals surface area contributed by atoms with E-state index in [2.05, 4.69) is 19.2 Å². The predicted molar refractivity (Wildman–Crippen MR) is 98.8 cm³/mol. The van der Waals surface area contributed by atoms with Gasteiger partial charge in [-0.05, 0) is 48.7 Å². The summed E-state index contributed by atoms with van der Waals surface area (Å²) in [5.74, 6) is 0.644. The first kappa shape index (κ1) is 19.0. The number of benzene rings is 2. The van der Waals surface area contributed by atoms with E-state index in [1.165, 1.54) is 12.1 Å². The van der Waals surface area contributed by atoms with Crippen molar-refractivity contribution >= 4 is 21.4 Å². The number of carbonyl (C=O) groups excluding carboxylic acids is 1. The van der Waals surface area contributed by atoms with Gasteiger partial charge in [-0.1, -0.05) is 32.0 Å². The topological polar surface area (TPSA) is 72.5 Å². The highest BCUT2D eigenvalue weighted by atomic mass is 32.2. The van der Waals surface area contributed by atoms with Crippen LogP contribution in [0.25, 0.3) is 0 Å². The zero-order valence-corrected chi connectivity index (χ0v) is 15.6. The average Bonchev–Trinajstić information content (AvgIpc) is 2.54. The van der Waals surface area contributed by atoms with Crippen LogP contribution in [0.2, 0.25) is 0 Å². The zero-order valence-electron chi connectivity index (χ0n) is 14.8. The molecule has 0 heterocycles. The zero-order chi connectivity index (χ0) is 18.6. The Bertz CT molecular complexity index is 859. The van der Waals surface area contributed by atoms with Crippen LogP contribution in [-0.4, -0.2) is 26.7 Å². The maximum Gasteiger partial charge on any atom is 0.265 e. The van der Waals surface area contributed by atoms with Gasteiger partial charge < -0.3 is 10.1 Å². The molecular weight excluding hydrogens is 338 g/mol. The molecular formula is C19H23NO4S. The highest BCUT2D eigenvalue weighted by molar-refractivity contribution is 7.90. The van der Waals surface area contributed by atoms with E-state index in [9.17, 15) is 13.2 Å². The van der Waals surface area contributed by atoms with Gasteiger partial charge in [-0.3, -0.25) is 4.79 Å². The van der Waals surface area contributed by atoms with Crippen molar-refractivity contribution in [3.8, 4) is 5.75 Å². The summed E-state index contributed by atoms with van der Waals surface area (Å²) < 4.78 is 28.9. The maximum absolute atomic E-state index is 12.3. The Morgan fingerprint density at radius 2 is 1.72 bits per heavy atom. The third kappa shape index (κ3) is 5.32. The summed E-state index contributed by atoms with van der Waals surface area (Å²) >= 11 is 0. The molecule has 1 amide bonds. The highest BCUT2D eigenvalue weighted by Gasteiger charge is 2.16. The first-order chi connectivity index (χ1) is 11.7. The second kappa shape index (κ2) is 7.70. The molecule has 0 spiro atoms. The van der Waals surface area contributed by atoms with Crippen LogP contribution >= 0.6 is 0 Å². The number of ether oxygens (including phenoxy) is 1. The highest BCUT2D eigenvalue weighted by Crippen LogP contribution is 2.21. The second-order valence-electron chi connectivity index (χ2n) is 6.28. The minimum absolute atomic E-state index is 0.156. The lowest BCUT2D eigenvalue weighted by atomic mass is 10.0. The summed E-state index contributed by atoms with van der Waals surface area (Å²) in [7, 11) is -3.33. The Hall–Kier alpha value is -2.34. The van der Waals surface area contributed by atoms with Gasteiger partial charge in [-0.15, -0.1) is 0 Å². The van der Waals surface area contributed by atoms with Crippen molar-refractivity contribution in [2.45, 2.75) is 37.7 Å². The van der Waals surface area contributed by atoms with Crippen LogP contribution in [0.5, 0.6) is 5.75 Å². The number of sulfone groups is 1. The van der Waals surface area contributed by atoms with Gasteiger partial charge in [0.05, 0.1) is 4.90 Å². The Morgan fingerprint density at radius 1 is 1.04 bits per heavy atom. The summed E-state index contributed by atoms with van der Waals surface area (Å²) in [6.45, 7) is 5.83. The molecule has 134 valence electrons. The first-order valence-corrected chi connectivity index (χ1v) is 9.93. The van der Waals surface area contributed by atoms with Gasteiger partial charge in [-0.2, -0.15) is 0 Å². The van der Waals surface area contributed by atoms with Gasteiger partial charge in [0, 0.05) is 11.9 Å². The van der Waals surface area contributed by atoms with Crippen molar-refractivity contribution in [3.05, 3.63) is 54.1 Å². The van der Waals surface area contributed by atoms with Gasteiger partial charge in [0.1, 0.15) is 5.75 Å². The number of amides is 1. The number of hydrogen-bond acceptors (Lipinski definition) is 4. The van der Waals surface area contributed by atoms with E-state index in [1.807, 2.05) is 18.2 Å². The molecule has 0 aromatic heterocycles. The SMILES string of the molecule is CC(Oc1cccc(C(C)C)c1)C(=O)Nc1cccc(S(C)(=O)=O)c1. The smallest absolute Gasteiger partial charge is 0.265 e. The Balaban J connectivity index is 2.07. The molecule has 1 N–H and O–H groups in total. The van der Waals surface area contributed by atoms with Gasteiger partial charge in [0.2, 0.25) is 0 Å². The van der Waals surface area contributed by atoms with Crippen molar-refractivity contribution in [1.29, 1.82) is 0 Å². The lowest BCUT2D eigenvalue weighted by molar-refractivity contribution is -0.122. The molecule has 2 rings (SSSR count). The minimum atomic E-state index is -3.33. The van der Waals surface area contributed by atoms with E-state index >= 15 is 0 Å². The number of hydrogen-bond donors (Lipinski definition) is 1. The predicted octanol–water partition coefficient (Wildman–Crippen LogP) is 3.62. The monoisotopic (exact) mass is 361 g/mol. The summed E-state index contributed by atoms with van der Waals surface area (Å²) in [6.07, 6.45) is 0.408. The van der Waals surface area contributed by atoms with Gasteiger partial charge in [-0.25, -0.2) is 8.42 Å². The quantitative estimate of drug-likeness (QED) is 0.853. The van der Waals surface area contributed by atoms with Crippen LogP contribution in [0, 0.1) is 0 Å². The van der Waals surface area contributed by atoms with E-state index in [0.717, 1.165) is 11.8 Å². The fraction of sp³-hybridized carbons (Fsp3) is 0.316. The minimum Gasteiger partial charge on any atom is -0.481 e. The van der Waals surface area contributed by atoms with Crippen LogP contribution in [0.15, 0.2) is 53.4 Å². The van der Waals surface area contributed by atoms with Gasteiger partial charge >= 0.3 is 0 Å². The van der Waals surface area contributed by atoms with E-state index in [1.54, 1.807) is 25.1 Å². The molecule has 0 radical (unpaired) electrons. The van der Waals surface area contributed by atoms with Gasteiger partial charge in [0.25, 0.3) is 5.91 Å². The molecule has 6 heteroatoms. The lowest BCUT2D eigenvalue weighted by Crippen LogP contribution is -2.30. The Labute approximate surface area is 148 Å². The average molecular weight is 361 g/mol. The van der Waals surface area contributed by atoms with E-state index in [0.29, 0.717) is 17.4 Å². The van der Waals surface area contributed by atoms with Crippen LogP contribution in [0.1, 0.15) is 32.3 Å². The summed E-state index contributed by atoms with van der Waals surface area (Å²) in [5, 5.41) is 2.68. The van der Waals surface area contributed by atoms with Crippen LogP contribution in [-0.2, 0) is 14.6 Å². The summed E-state index contributed by atoms with van der Waals surface area (Å²) in [6, 6.07) is 13.8. The molecule has 5 nitrogen and oxygen atoms in total. The standard InChI is InChI=1S/C19H23NO4S/c1-13(2)15-7-5-9-17(11-15)24-14(3)19(21)20-16-8-6-10-18(12-16)25(4,22)23/h5-14H,1-4H3,(H,20,21). The Kier molecular flexibility index (Phi) is 5.85. The second-order valence-corrected chi connectivity index (χ2v) is 8.29. The molecule has 0 saturated heterocycles. The molecule has 0 saturated carbocycles. The molecule has 2 aromatic rings. The molecule has 0 aliphatic rings. The largest absolute Gasteiger partial charge is 0.481 e. The molecule has 0 aliphatic heterocycles. The normalized spacial score (nSPS) is 12.7. The summed E-state index contributed by atoms with van der Waals surface area (Å²) in [4.78, 5) is 12.5. The van der Waals surface area contributed by atoms with Crippen LogP contribution in [0.4, 0.5) is 5.69 Å². The fourth-order valence-electron chi connectivity index (χ4n) is 2.25. The summed E-state index contributed by atoms with van der Waals surface area (Å²) in [5.41, 5.74) is 1.55. The molecule has 1 unspecified atom stereocenters. The number of rotatable bonds is 6. The van der Waals surface area contributed by atoms with E-state index in [4.69, 9.17) is 4.74 Å². The first-order valence-electron chi connectivity index (χ1n) is 8.04. The van der Waals surface area contributed by atoms with Crippen LogP contribution in [0.3, 0.4) is 0 Å². The van der Waals surface area contributed by atoms with Crippen molar-refractivity contribution in [2.75, 3.05) is 11.6 Å². The van der Waals surface area contributed by atoms with Crippen molar-refractivity contribution < 1.29 is 17.9 Å². The number of anilines is 1. The number of carbonyl (C=O) groups is 1. The van der Waals surface area contributed by atoms with E-state index < -0.39 is 15.9 Å². The Morgan fingerprint density at radius 3 is 2.36 bits per heavy atom. The fourth-order valence-corrected chi connectivity index (χ4v) is 2.92. The van der Waals surface area contributed by atoms with Crippen molar-refractivity contribution in [2.24, 2.45) is 0 Å². The third-order valence-corrected chi connectivity index (χ3v) is 4.85. The lowest BCUT2D eigenvalue weighted by Gasteiger charge is -2.16. The molecule has 0 aliphatic carbocycles. The van der Waals surface area contributed by atoms with Crippen LogP contribution < -0.4 is 10.1 Å². The number of nitrogens with one attached hydrogen (secondary N) is 1. The molecule has 1 atom stereocenters. The van der Waals surface area contributed by atoms with Crippen molar-refractivity contribution in [1.82, 2.24) is 0 Å². The molecule has 25 heavy (non-hydrogen) atoms. The van der Waals surface area contributed by atoms with Crippen molar-refractivity contribution in [3.63, 3.8) is 0 Å². The molecule has 0 fully saturated rings. The van der Waals surface area contributed by atoms with E-state index in [-0.39, 0.29) is 10.8 Å². The molecule has 0 bridgehead atoms. The third-order valence-electron chi connectivity index (χ3n) is 3.74. The molecule has 2 aromatic carbocycles. The maximum atomic E-state index is 12.3.